The number of anilines is 1. The molecule has 35 heavy (non-hydrogen) atoms. The van der Waals surface area contributed by atoms with Gasteiger partial charge >= 0.3 is 0 Å². The number of amides is 3. The van der Waals surface area contributed by atoms with E-state index in [2.05, 4.69) is 50.4 Å². The molecule has 6 atom stereocenters. The zero-order chi connectivity index (χ0) is 24.5. The molecule has 2 aromatic carbocycles. The fourth-order valence-electron chi connectivity index (χ4n) is 6.28. The minimum atomic E-state index is -0.373. The van der Waals surface area contributed by atoms with Crippen molar-refractivity contribution in [3.05, 3.63) is 66.2 Å². The predicted molar refractivity (Wildman–Crippen MR) is 132 cm³/mol. The Bertz CT molecular complexity index is 1190. The van der Waals surface area contributed by atoms with Gasteiger partial charge in [0.1, 0.15) is 18.0 Å². The van der Waals surface area contributed by atoms with E-state index in [1.165, 1.54) is 10.5 Å². The number of imide groups is 1. The SMILES string of the molecule is CC(C)(C)c1ccc(Oc2ccc(NC(=O)CN3C(=O)[C@H]4[C@@H]5C=C[C@H]([C@@H]6C[C@H]56)[C@@H]4C3=O)cc2)cc1. The summed E-state index contributed by atoms with van der Waals surface area (Å²) in [4.78, 5) is 40.0. The molecule has 2 bridgehead atoms. The molecule has 0 aromatic heterocycles. The maximum absolute atomic E-state index is 13.1. The van der Waals surface area contributed by atoms with Gasteiger partial charge in [-0.15, -0.1) is 0 Å². The lowest BCUT2D eigenvalue weighted by molar-refractivity contribution is -0.142. The molecule has 2 aromatic rings. The van der Waals surface area contributed by atoms with Crippen LogP contribution in [-0.2, 0) is 19.8 Å². The largest absolute Gasteiger partial charge is 0.457 e. The zero-order valence-electron chi connectivity index (χ0n) is 20.2. The lowest BCUT2D eigenvalue weighted by atomic mass is 9.63. The second-order valence-corrected chi connectivity index (χ2v) is 11.4. The minimum absolute atomic E-state index is 0.0809. The number of nitrogens with zero attached hydrogens (tertiary/aromatic N) is 1. The average molecular weight is 471 g/mol. The lowest BCUT2D eigenvalue weighted by Crippen LogP contribution is -2.40. The molecule has 1 saturated heterocycles. The molecule has 1 heterocycles. The van der Waals surface area contributed by atoms with Gasteiger partial charge in [-0.2, -0.15) is 0 Å². The standard InChI is InChI=1S/C29H30N2O4/c1-29(2,3)16-4-8-18(9-5-16)35-19-10-6-17(7-11-19)30-24(32)15-31-27(33)25-20-12-13-21(23-14-22(20)23)26(25)28(31)34/h4-13,20-23,25-26H,14-15H2,1-3H3,(H,30,32)/t20-,21-,22-,23+,25+,26+/m1/s1. The van der Waals surface area contributed by atoms with Crippen LogP contribution in [0, 0.1) is 35.5 Å². The molecular formula is C29H30N2O4. The summed E-state index contributed by atoms with van der Waals surface area (Å²) in [6.07, 6.45) is 5.40. The van der Waals surface area contributed by atoms with Crippen LogP contribution in [0.5, 0.6) is 11.5 Å². The van der Waals surface area contributed by atoms with E-state index in [1.807, 2.05) is 12.1 Å². The molecular weight excluding hydrogens is 440 g/mol. The van der Waals surface area contributed by atoms with Crippen molar-refractivity contribution in [2.24, 2.45) is 35.5 Å². The monoisotopic (exact) mass is 470 g/mol. The first-order chi connectivity index (χ1) is 16.7. The van der Waals surface area contributed by atoms with Crippen LogP contribution in [0.2, 0.25) is 0 Å². The topological polar surface area (TPSA) is 75.7 Å². The van der Waals surface area contributed by atoms with E-state index in [-0.39, 0.29) is 53.4 Å². The van der Waals surface area contributed by atoms with E-state index >= 15 is 0 Å². The van der Waals surface area contributed by atoms with Gasteiger partial charge in [-0.3, -0.25) is 19.3 Å². The molecule has 3 amide bonds. The van der Waals surface area contributed by atoms with E-state index in [0.717, 1.165) is 12.2 Å². The molecule has 0 spiro atoms. The highest BCUT2D eigenvalue weighted by atomic mass is 16.5. The number of rotatable bonds is 5. The van der Waals surface area contributed by atoms with Crippen LogP contribution in [0.3, 0.4) is 0 Å². The lowest BCUT2D eigenvalue weighted by Gasteiger charge is -2.37. The number of benzene rings is 2. The first-order valence-electron chi connectivity index (χ1n) is 12.4. The quantitative estimate of drug-likeness (QED) is 0.505. The summed E-state index contributed by atoms with van der Waals surface area (Å²) in [7, 11) is 0. The molecule has 4 aliphatic carbocycles. The molecule has 6 heteroatoms. The Morgan fingerprint density at radius 3 is 1.91 bits per heavy atom. The summed E-state index contributed by atoms with van der Waals surface area (Å²) in [6.45, 7) is 6.27. The molecule has 0 radical (unpaired) electrons. The Labute approximate surface area is 205 Å². The third-order valence-electron chi connectivity index (χ3n) is 8.15. The van der Waals surface area contributed by atoms with Crippen LogP contribution in [0.25, 0.3) is 0 Å². The molecule has 7 rings (SSSR count). The first kappa shape index (κ1) is 22.1. The van der Waals surface area contributed by atoms with Gasteiger partial charge in [0.25, 0.3) is 0 Å². The van der Waals surface area contributed by atoms with Crippen LogP contribution >= 0.6 is 0 Å². The summed E-state index contributed by atoms with van der Waals surface area (Å²) in [5, 5.41) is 2.81. The summed E-state index contributed by atoms with van der Waals surface area (Å²) < 4.78 is 5.92. The highest BCUT2D eigenvalue weighted by molar-refractivity contribution is 6.09. The highest BCUT2D eigenvalue weighted by Crippen LogP contribution is 2.65. The molecule has 1 aliphatic heterocycles. The number of carbonyl (C=O) groups excluding carboxylic acids is 3. The van der Waals surface area contributed by atoms with Crippen LogP contribution in [0.4, 0.5) is 5.69 Å². The van der Waals surface area contributed by atoms with E-state index < -0.39 is 0 Å². The van der Waals surface area contributed by atoms with Crippen molar-refractivity contribution < 1.29 is 19.1 Å². The summed E-state index contributed by atoms with van der Waals surface area (Å²) in [5.74, 6) is 1.54. The summed E-state index contributed by atoms with van der Waals surface area (Å²) in [5.41, 5.74) is 1.90. The van der Waals surface area contributed by atoms with Gasteiger partial charge in [0.15, 0.2) is 0 Å². The normalized spacial score (nSPS) is 30.2. The molecule has 180 valence electrons. The van der Waals surface area contributed by atoms with Gasteiger partial charge in [-0.05, 0) is 77.5 Å². The molecule has 3 fully saturated rings. The number of ether oxygens (including phenoxy) is 1. The van der Waals surface area contributed by atoms with E-state index in [9.17, 15) is 14.4 Å². The maximum atomic E-state index is 13.1. The molecule has 0 unspecified atom stereocenters. The Morgan fingerprint density at radius 2 is 1.40 bits per heavy atom. The van der Waals surface area contributed by atoms with Crippen LogP contribution < -0.4 is 10.1 Å². The third kappa shape index (κ3) is 3.76. The van der Waals surface area contributed by atoms with Gasteiger partial charge in [-0.1, -0.05) is 45.1 Å². The Hall–Kier alpha value is -3.41. The van der Waals surface area contributed by atoms with E-state index in [1.54, 1.807) is 24.3 Å². The molecule has 6 nitrogen and oxygen atoms in total. The van der Waals surface area contributed by atoms with Crippen LogP contribution in [0.1, 0.15) is 32.8 Å². The second kappa shape index (κ2) is 7.80. The van der Waals surface area contributed by atoms with Crippen molar-refractivity contribution in [2.45, 2.75) is 32.6 Å². The van der Waals surface area contributed by atoms with Crippen molar-refractivity contribution in [1.29, 1.82) is 0 Å². The number of likely N-dealkylation sites (tertiary alicyclic amines) is 1. The Balaban J connectivity index is 1.07. The van der Waals surface area contributed by atoms with Gasteiger partial charge in [0.2, 0.25) is 17.7 Å². The van der Waals surface area contributed by atoms with E-state index in [0.29, 0.717) is 23.3 Å². The molecule has 5 aliphatic rings. The second-order valence-electron chi connectivity index (χ2n) is 11.4. The van der Waals surface area contributed by atoms with E-state index in [4.69, 9.17) is 4.74 Å². The number of hydrogen-bond acceptors (Lipinski definition) is 4. The van der Waals surface area contributed by atoms with Gasteiger partial charge in [0.05, 0.1) is 11.8 Å². The van der Waals surface area contributed by atoms with Gasteiger partial charge in [0, 0.05) is 5.69 Å². The fourth-order valence-corrected chi connectivity index (χ4v) is 6.28. The number of nitrogens with one attached hydrogen (secondary N) is 1. The van der Waals surface area contributed by atoms with Crippen LogP contribution in [0.15, 0.2) is 60.7 Å². The Kier molecular flexibility index (Phi) is 4.92. The van der Waals surface area contributed by atoms with Crippen molar-refractivity contribution >= 4 is 23.4 Å². The Morgan fingerprint density at radius 1 is 0.886 bits per heavy atom. The first-order valence-corrected chi connectivity index (χ1v) is 12.4. The number of allylic oxidation sites excluding steroid dienone is 2. The number of carbonyl (C=O) groups is 3. The van der Waals surface area contributed by atoms with Crippen molar-refractivity contribution in [1.82, 2.24) is 4.90 Å². The van der Waals surface area contributed by atoms with Crippen LogP contribution in [-0.4, -0.2) is 29.2 Å². The van der Waals surface area contributed by atoms with Crippen molar-refractivity contribution in [3.63, 3.8) is 0 Å². The zero-order valence-corrected chi connectivity index (χ0v) is 20.2. The van der Waals surface area contributed by atoms with Gasteiger partial charge < -0.3 is 10.1 Å². The number of hydrogen-bond donors (Lipinski definition) is 1. The van der Waals surface area contributed by atoms with Crippen molar-refractivity contribution in [3.8, 4) is 11.5 Å². The van der Waals surface area contributed by atoms with Crippen molar-refractivity contribution in [2.75, 3.05) is 11.9 Å². The minimum Gasteiger partial charge on any atom is -0.457 e. The smallest absolute Gasteiger partial charge is 0.244 e. The summed E-state index contributed by atoms with van der Waals surface area (Å²) >= 11 is 0. The highest BCUT2D eigenvalue weighted by Gasteiger charge is 2.67. The van der Waals surface area contributed by atoms with Gasteiger partial charge in [-0.25, -0.2) is 0 Å². The molecule has 1 N–H and O–H groups in total. The summed E-state index contributed by atoms with van der Waals surface area (Å²) in [6, 6.07) is 15.1. The maximum Gasteiger partial charge on any atom is 0.244 e. The fraction of sp³-hybridized carbons (Fsp3) is 0.414. The third-order valence-corrected chi connectivity index (χ3v) is 8.15. The average Bonchev–Trinajstić information content (AvgIpc) is 3.61. The predicted octanol–water partition coefficient (Wildman–Crippen LogP) is 4.77. The molecule has 2 saturated carbocycles.